The van der Waals surface area contributed by atoms with Crippen molar-refractivity contribution in [2.45, 2.75) is 32.3 Å². The zero-order valence-corrected chi connectivity index (χ0v) is 18.3. The van der Waals surface area contributed by atoms with E-state index >= 15 is 0 Å². The van der Waals surface area contributed by atoms with Gasteiger partial charge in [0, 0.05) is 17.3 Å². The third kappa shape index (κ3) is 9.14. The van der Waals surface area contributed by atoms with E-state index in [1.807, 2.05) is 0 Å². The molecule has 0 aliphatic rings. The molecular formula is C24H28N2O7. The molecule has 0 spiro atoms. The van der Waals surface area contributed by atoms with E-state index in [1.165, 1.54) is 18.5 Å². The standard InChI is InChI=1S/C24H28N2O7/c1-17(28)18-7-11-20(12-8-18)25-24(30)33-22(5-3-2-4-6-23(29)26-31)19-9-13-21(14-10-19)32-16-15-27/h4,6-14,22,27,31H,2-3,5,15-16H2,1H3,(H,25,30)(H,26,29)/b6-4+/t22-/m1/s1. The van der Waals surface area contributed by atoms with Gasteiger partial charge in [-0.3, -0.25) is 20.1 Å². The van der Waals surface area contributed by atoms with Crippen LogP contribution in [0, 0.1) is 0 Å². The number of allylic oxidation sites excluding steroid dienone is 1. The normalized spacial score (nSPS) is 11.6. The van der Waals surface area contributed by atoms with Crippen molar-refractivity contribution >= 4 is 23.5 Å². The van der Waals surface area contributed by atoms with Crippen LogP contribution in [0.15, 0.2) is 60.7 Å². The van der Waals surface area contributed by atoms with E-state index in [4.69, 9.17) is 19.8 Å². The van der Waals surface area contributed by atoms with Crippen molar-refractivity contribution in [3.8, 4) is 5.75 Å². The molecule has 2 aromatic carbocycles. The number of aliphatic hydroxyl groups excluding tert-OH is 1. The number of hydroxylamine groups is 1. The minimum Gasteiger partial charge on any atom is -0.491 e. The van der Waals surface area contributed by atoms with Gasteiger partial charge in [0.1, 0.15) is 18.5 Å². The highest BCUT2D eigenvalue weighted by Gasteiger charge is 2.17. The molecule has 0 radical (unpaired) electrons. The topological polar surface area (TPSA) is 134 Å². The third-order valence-corrected chi connectivity index (χ3v) is 4.62. The molecule has 0 bridgehead atoms. The van der Waals surface area contributed by atoms with Crippen LogP contribution >= 0.6 is 0 Å². The maximum absolute atomic E-state index is 12.5. The van der Waals surface area contributed by atoms with E-state index in [2.05, 4.69) is 5.32 Å². The summed E-state index contributed by atoms with van der Waals surface area (Å²) in [4.78, 5) is 34.9. The Balaban J connectivity index is 2.03. The summed E-state index contributed by atoms with van der Waals surface area (Å²) in [7, 11) is 0. The van der Waals surface area contributed by atoms with Crippen LogP contribution < -0.4 is 15.5 Å². The molecule has 2 aromatic rings. The summed E-state index contributed by atoms with van der Waals surface area (Å²) in [6.45, 7) is 1.55. The molecule has 9 nitrogen and oxygen atoms in total. The molecule has 33 heavy (non-hydrogen) atoms. The Kier molecular flexibility index (Phi) is 10.6. The first-order chi connectivity index (χ1) is 15.9. The van der Waals surface area contributed by atoms with Crippen molar-refractivity contribution in [2.24, 2.45) is 0 Å². The molecule has 0 aliphatic carbocycles. The van der Waals surface area contributed by atoms with Gasteiger partial charge in [-0.2, -0.15) is 0 Å². The number of unbranched alkanes of at least 4 members (excludes halogenated alkanes) is 1. The summed E-state index contributed by atoms with van der Waals surface area (Å²) < 4.78 is 11.0. The molecule has 2 amide bonds. The zero-order chi connectivity index (χ0) is 24.1. The number of carbonyl (C=O) groups excluding carboxylic acids is 3. The second-order valence-corrected chi connectivity index (χ2v) is 7.10. The number of ketones is 1. The summed E-state index contributed by atoms with van der Waals surface area (Å²) in [5.41, 5.74) is 3.31. The molecule has 9 heteroatoms. The van der Waals surface area contributed by atoms with Crippen molar-refractivity contribution < 1.29 is 34.2 Å². The van der Waals surface area contributed by atoms with Crippen molar-refractivity contribution in [3.63, 3.8) is 0 Å². The van der Waals surface area contributed by atoms with Gasteiger partial charge in [0.15, 0.2) is 5.78 Å². The fraction of sp³-hybridized carbons (Fsp3) is 0.292. The van der Waals surface area contributed by atoms with Crippen LogP contribution in [-0.2, 0) is 9.53 Å². The average molecular weight is 456 g/mol. The van der Waals surface area contributed by atoms with Gasteiger partial charge in [0.2, 0.25) is 0 Å². The van der Waals surface area contributed by atoms with Crippen molar-refractivity contribution in [2.75, 3.05) is 18.5 Å². The van der Waals surface area contributed by atoms with E-state index in [-0.39, 0.29) is 19.0 Å². The number of benzene rings is 2. The highest BCUT2D eigenvalue weighted by molar-refractivity contribution is 5.95. The lowest BCUT2D eigenvalue weighted by atomic mass is 10.0. The van der Waals surface area contributed by atoms with Gasteiger partial charge in [0.25, 0.3) is 5.91 Å². The molecule has 176 valence electrons. The maximum atomic E-state index is 12.5. The Labute approximate surface area is 192 Å². The number of amides is 2. The lowest BCUT2D eigenvalue weighted by molar-refractivity contribution is -0.124. The molecule has 0 aliphatic heterocycles. The SMILES string of the molecule is CC(=O)c1ccc(NC(=O)O[C@H](CCC/C=C/C(=O)NO)c2ccc(OCCO)cc2)cc1. The minimum absolute atomic E-state index is 0.0684. The first-order valence-corrected chi connectivity index (χ1v) is 10.5. The smallest absolute Gasteiger partial charge is 0.412 e. The van der Waals surface area contributed by atoms with Crippen LogP contribution in [0.5, 0.6) is 5.75 Å². The van der Waals surface area contributed by atoms with Gasteiger partial charge in [-0.25, -0.2) is 10.3 Å². The number of carbonyl (C=O) groups is 3. The van der Waals surface area contributed by atoms with E-state index in [1.54, 1.807) is 54.6 Å². The van der Waals surface area contributed by atoms with Crippen LogP contribution in [0.2, 0.25) is 0 Å². The average Bonchev–Trinajstić information content (AvgIpc) is 2.82. The largest absolute Gasteiger partial charge is 0.491 e. The third-order valence-electron chi connectivity index (χ3n) is 4.62. The monoisotopic (exact) mass is 456 g/mol. The number of rotatable bonds is 12. The van der Waals surface area contributed by atoms with E-state index < -0.39 is 18.1 Å². The van der Waals surface area contributed by atoms with Crippen LogP contribution in [0.4, 0.5) is 10.5 Å². The van der Waals surface area contributed by atoms with Gasteiger partial charge in [0.05, 0.1) is 6.61 Å². The maximum Gasteiger partial charge on any atom is 0.412 e. The Morgan fingerprint density at radius 2 is 1.76 bits per heavy atom. The number of ether oxygens (including phenoxy) is 2. The molecule has 0 heterocycles. The second kappa shape index (κ2) is 13.7. The van der Waals surface area contributed by atoms with E-state index in [9.17, 15) is 14.4 Å². The quantitative estimate of drug-likeness (QED) is 0.126. The molecule has 4 N–H and O–H groups in total. The first kappa shape index (κ1) is 25.6. The van der Waals surface area contributed by atoms with Gasteiger partial charge in [-0.15, -0.1) is 0 Å². The summed E-state index contributed by atoms with van der Waals surface area (Å²) >= 11 is 0. The Hall–Kier alpha value is -3.69. The van der Waals surface area contributed by atoms with Gasteiger partial charge in [-0.1, -0.05) is 18.2 Å². The van der Waals surface area contributed by atoms with Gasteiger partial charge >= 0.3 is 6.09 Å². The van der Waals surface area contributed by atoms with Crippen LogP contribution in [0.1, 0.15) is 48.2 Å². The second-order valence-electron chi connectivity index (χ2n) is 7.10. The molecule has 2 rings (SSSR count). The number of aliphatic hydroxyl groups is 1. The summed E-state index contributed by atoms with van der Waals surface area (Å²) in [6.07, 6.45) is 3.27. The number of anilines is 1. The Morgan fingerprint density at radius 3 is 2.36 bits per heavy atom. The predicted molar refractivity (Wildman–Crippen MR) is 121 cm³/mol. The molecule has 0 fully saturated rings. The minimum atomic E-state index is -0.647. The number of Topliss-reactive ketones (excluding diaryl/α,β-unsaturated/α-hetero) is 1. The molecule has 0 unspecified atom stereocenters. The predicted octanol–water partition coefficient (Wildman–Crippen LogP) is 3.78. The van der Waals surface area contributed by atoms with Gasteiger partial charge in [-0.05, 0) is 68.1 Å². The zero-order valence-electron chi connectivity index (χ0n) is 18.3. The lowest BCUT2D eigenvalue weighted by Crippen LogP contribution is -2.18. The lowest BCUT2D eigenvalue weighted by Gasteiger charge is -2.19. The number of nitrogens with one attached hydrogen (secondary N) is 2. The van der Waals surface area contributed by atoms with E-state index in [0.717, 1.165) is 5.56 Å². The fourth-order valence-electron chi connectivity index (χ4n) is 2.95. The summed E-state index contributed by atoms with van der Waals surface area (Å²) in [5, 5.41) is 20.0. The summed E-state index contributed by atoms with van der Waals surface area (Å²) in [5.74, 6) is -0.0999. The molecule has 1 atom stereocenters. The molecular weight excluding hydrogens is 428 g/mol. The van der Waals surface area contributed by atoms with Crippen LogP contribution in [0.25, 0.3) is 0 Å². The number of hydrogen-bond donors (Lipinski definition) is 4. The molecule has 0 saturated carbocycles. The number of hydrogen-bond acceptors (Lipinski definition) is 7. The van der Waals surface area contributed by atoms with Crippen molar-refractivity contribution in [1.82, 2.24) is 5.48 Å². The Bertz CT molecular complexity index is 940. The first-order valence-electron chi connectivity index (χ1n) is 10.5. The van der Waals surface area contributed by atoms with E-state index in [0.29, 0.717) is 36.3 Å². The molecule has 0 aromatic heterocycles. The van der Waals surface area contributed by atoms with Gasteiger partial charge < -0.3 is 14.6 Å². The van der Waals surface area contributed by atoms with Crippen molar-refractivity contribution in [1.29, 1.82) is 0 Å². The highest BCUT2D eigenvalue weighted by Crippen LogP contribution is 2.26. The Morgan fingerprint density at radius 1 is 1.06 bits per heavy atom. The highest BCUT2D eigenvalue weighted by atomic mass is 16.6. The molecule has 0 saturated heterocycles. The fourth-order valence-corrected chi connectivity index (χ4v) is 2.95. The van der Waals surface area contributed by atoms with Crippen molar-refractivity contribution in [3.05, 3.63) is 71.8 Å². The van der Waals surface area contributed by atoms with Crippen LogP contribution in [-0.4, -0.2) is 41.3 Å². The summed E-state index contributed by atoms with van der Waals surface area (Å²) in [6, 6.07) is 13.5. The van der Waals surface area contributed by atoms with Crippen LogP contribution in [0.3, 0.4) is 0 Å².